The first-order chi connectivity index (χ1) is 10.4. The van der Waals surface area contributed by atoms with Crippen molar-refractivity contribution < 1.29 is 9.84 Å². The van der Waals surface area contributed by atoms with Gasteiger partial charge in [-0.05, 0) is 41.5 Å². The molecule has 0 heterocycles. The molecule has 0 aliphatic carbocycles. The van der Waals surface area contributed by atoms with Gasteiger partial charge < -0.3 is 9.84 Å². The first kappa shape index (κ1) is 16.6. The molecule has 2 rings (SSSR count). The van der Waals surface area contributed by atoms with Gasteiger partial charge in [0.15, 0.2) is 0 Å². The molecule has 2 heteroatoms. The summed E-state index contributed by atoms with van der Waals surface area (Å²) in [5.74, 6) is 0.758. The number of aliphatic hydroxyl groups is 1. The summed E-state index contributed by atoms with van der Waals surface area (Å²) in [4.78, 5) is 0. The van der Waals surface area contributed by atoms with Crippen LogP contribution in [0.5, 0.6) is 5.75 Å². The van der Waals surface area contributed by atoms with Gasteiger partial charge in [0.25, 0.3) is 0 Å². The molecule has 2 nitrogen and oxygen atoms in total. The molecular formula is C20H26O2. The summed E-state index contributed by atoms with van der Waals surface area (Å²) in [5.41, 5.74) is 3.39. The van der Waals surface area contributed by atoms with E-state index in [1.54, 1.807) is 7.11 Å². The second-order valence-electron chi connectivity index (χ2n) is 6.75. The van der Waals surface area contributed by atoms with Crippen LogP contribution in [0.3, 0.4) is 0 Å². The number of hydrogen-bond acceptors (Lipinski definition) is 2. The van der Waals surface area contributed by atoms with Gasteiger partial charge in [-0.25, -0.2) is 0 Å². The van der Waals surface area contributed by atoms with E-state index in [1.807, 2.05) is 24.3 Å². The first-order valence-corrected chi connectivity index (χ1v) is 7.82. The topological polar surface area (TPSA) is 29.5 Å². The molecule has 0 aliphatic heterocycles. The van der Waals surface area contributed by atoms with Crippen molar-refractivity contribution in [2.75, 3.05) is 7.11 Å². The second-order valence-corrected chi connectivity index (χ2v) is 6.75. The van der Waals surface area contributed by atoms with Crippen LogP contribution >= 0.6 is 0 Å². The van der Waals surface area contributed by atoms with Crippen LogP contribution in [-0.4, -0.2) is 12.2 Å². The number of aryl methyl sites for hydroxylation is 1. The summed E-state index contributed by atoms with van der Waals surface area (Å²) in [6.07, 6.45) is 1.02. The molecule has 2 aromatic carbocycles. The Balaban J connectivity index is 2.18. The number of benzene rings is 2. The maximum Gasteiger partial charge on any atom is 0.124 e. The standard InChI is InChI=1S/C20H26O2/c1-20(2,3)16-11-13-19(22-4)17(14-16)18(21)12-10-15-8-6-5-7-9-15/h5-9,11,13-14,18,21H,10,12H2,1-4H3. The number of aliphatic hydroxyl groups excluding tert-OH is 1. The molecule has 0 saturated heterocycles. The summed E-state index contributed by atoms with van der Waals surface area (Å²) < 4.78 is 5.43. The van der Waals surface area contributed by atoms with E-state index in [-0.39, 0.29) is 5.41 Å². The number of methoxy groups -OCH3 is 1. The minimum atomic E-state index is -0.516. The van der Waals surface area contributed by atoms with E-state index in [9.17, 15) is 5.11 Å². The molecule has 0 saturated carbocycles. The molecule has 0 aliphatic rings. The fourth-order valence-corrected chi connectivity index (χ4v) is 2.56. The van der Waals surface area contributed by atoms with E-state index in [4.69, 9.17) is 4.74 Å². The van der Waals surface area contributed by atoms with Gasteiger partial charge in [0.2, 0.25) is 0 Å². The van der Waals surface area contributed by atoms with E-state index < -0.39 is 6.10 Å². The van der Waals surface area contributed by atoms with Crippen LogP contribution in [0.4, 0.5) is 0 Å². The van der Waals surface area contributed by atoms with Crippen molar-refractivity contribution in [2.45, 2.75) is 45.1 Å². The van der Waals surface area contributed by atoms with Gasteiger partial charge in [0.1, 0.15) is 5.75 Å². The lowest BCUT2D eigenvalue weighted by atomic mass is 9.85. The Hall–Kier alpha value is -1.80. The minimum Gasteiger partial charge on any atom is -0.496 e. The molecule has 0 spiro atoms. The zero-order valence-corrected chi connectivity index (χ0v) is 14.0. The van der Waals surface area contributed by atoms with Crippen LogP contribution in [0.2, 0.25) is 0 Å². The van der Waals surface area contributed by atoms with Gasteiger partial charge in [-0.1, -0.05) is 57.2 Å². The van der Waals surface area contributed by atoms with Crippen molar-refractivity contribution in [3.8, 4) is 5.75 Å². The smallest absolute Gasteiger partial charge is 0.124 e. The normalized spacial score (nSPS) is 13.0. The van der Waals surface area contributed by atoms with Gasteiger partial charge in [0.05, 0.1) is 13.2 Å². The van der Waals surface area contributed by atoms with Crippen molar-refractivity contribution in [2.24, 2.45) is 0 Å². The average Bonchev–Trinajstić information content (AvgIpc) is 2.52. The average molecular weight is 298 g/mol. The summed E-state index contributed by atoms with van der Waals surface area (Å²) in [6, 6.07) is 16.4. The molecule has 2 aromatic rings. The lowest BCUT2D eigenvalue weighted by Crippen LogP contribution is -2.13. The predicted molar refractivity (Wildman–Crippen MR) is 91.4 cm³/mol. The summed E-state index contributed by atoms with van der Waals surface area (Å²) in [5, 5.41) is 10.6. The van der Waals surface area contributed by atoms with E-state index in [0.717, 1.165) is 17.7 Å². The predicted octanol–water partition coefficient (Wildman–Crippen LogP) is 4.66. The number of rotatable bonds is 5. The molecule has 0 amide bonds. The van der Waals surface area contributed by atoms with Crippen LogP contribution in [0, 0.1) is 0 Å². The monoisotopic (exact) mass is 298 g/mol. The Bertz CT molecular complexity index is 597. The number of hydrogen-bond donors (Lipinski definition) is 1. The van der Waals surface area contributed by atoms with Crippen LogP contribution in [-0.2, 0) is 11.8 Å². The zero-order chi connectivity index (χ0) is 16.2. The van der Waals surface area contributed by atoms with Gasteiger partial charge in [-0.3, -0.25) is 0 Å². The van der Waals surface area contributed by atoms with E-state index in [0.29, 0.717) is 6.42 Å². The zero-order valence-electron chi connectivity index (χ0n) is 14.0. The molecule has 22 heavy (non-hydrogen) atoms. The molecule has 118 valence electrons. The molecule has 1 atom stereocenters. The highest BCUT2D eigenvalue weighted by molar-refractivity contribution is 5.41. The SMILES string of the molecule is COc1ccc(C(C)(C)C)cc1C(O)CCc1ccccc1. The molecular weight excluding hydrogens is 272 g/mol. The third kappa shape index (κ3) is 4.11. The Morgan fingerprint density at radius 3 is 2.32 bits per heavy atom. The maximum atomic E-state index is 10.6. The number of ether oxygens (including phenoxy) is 1. The van der Waals surface area contributed by atoms with Crippen molar-refractivity contribution in [3.05, 3.63) is 65.2 Å². The minimum absolute atomic E-state index is 0.0557. The van der Waals surface area contributed by atoms with E-state index >= 15 is 0 Å². The lowest BCUT2D eigenvalue weighted by Gasteiger charge is -2.23. The van der Waals surface area contributed by atoms with Gasteiger partial charge in [-0.15, -0.1) is 0 Å². The molecule has 0 aromatic heterocycles. The molecule has 0 bridgehead atoms. The van der Waals surface area contributed by atoms with Crippen molar-refractivity contribution >= 4 is 0 Å². The maximum absolute atomic E-state index is 10.6. The van der Waals surface area contributed by atoms with Crippen molar-refractivity contribution in [1.29, 1.82) is 0 Å². The molecule has 1 N–H and O–H groups in total. The third-order valence-electron chi connectivity index (χ3n) is 4.00. The van der Waals surface area contributed by atoms with Gasteiger partial charge in [-0.2, -0.15) is 0 Å². The largest absolute Gasteiger partial charge is 0.496 e. The fourth-order valence-electron chi connectivity index (χ4n) is 2.56. The second kappa shape index (κ2) is 6.97. The highest BCUT2D eigenvalue weighted by atomic mass is 16.5. The lowest BCUT2D eigenvalue weighted by molar-refractivity contribution is 0.163. The quantitative estimate of drug-likeness (QED) is 0.870. The first-order valence-electron chi connectivity index (χ1n) is 7.82. The van der Waals surface area contributed by atoms with Crippen LogP contribution in [0.25, 0.3) is 0 Å². The molecule has 0 fully saturated rings. The van der Waals surface area contributed by atoms with E-state index in [1.165, 1.54) is 11.1 Å². The summed E-state index contributed by atoms with van der Waals surface area (Å²) in [7, 11) is 1.65. The Morgan fingerprint density at radius 2 is 1.73 bits per heavy atom. The highest BCUT2D eigenvalue weighted by Gasteiger charge is 2.19. The van der Waals surface area contributed by atoms with Crippen molar-refractivity contribution in [1.82, 2.24) is 0 Å². The van der Waals surface area contributed by atoms with Crippen molar-refractivity contribution in [3.63, 3.8) is 0 Å². The summed E-state index contributed by atoms with van der Waals surface area (Å²) >= 11 is 0. The molecule has 1 unspecified atom stereocenters. The van der Waals surface area contributed by atoms with Crippen LogP contribution in [0.15, 0.2) is 48.5 Å². The Morgan fingerprint density at radius 1 is 1.05 bits per heavy atom. The Labute approximate surface area is 133 Å². The van der Waals surface area contributed by atoms with Gasteiger partial charge >= 0.3 is 0 Å². The Kier molecular flexibility index (Phi) is 5.25. The highest BCUT2D eigenvalue weighted by Crippen LogP contribution is 2.33. The molecule has 0 radical (unpaired) electrons. The van der Waals surface area contributed by atoms with Crippen LogP contribution in [0.1, 0.15) is 50.0 Å². The third-order valence-corrected chi connectivity index (χ3v) is 4.00. The van der Waals surface area contributed by atoms with Crippen LogP contribution < -0.4 is 4.74 Å². The summed E-state index contributed by atoms with van der Waals surface area (Å²) in [6.45, 7) is 6.53. The van der Waals surface area contributed by atoms with E-state index in [2.05, 4.69) is 45.0 Å². The van der Waals surface area contributed by atoms with Gasteiger partial charge in [0, 0.05) is 5.56 Å². The fraction of sp³-hybridized carbons (Fsp3) is 0.400.